The largest absolute Gasteiger partial charge is 0.338 e. The molecule has 0 aliphatic carbocycles. The third-order valence-corrected chi connectivity index (χ3v) is 5.33. The Labute approximate surface area is 168 Å². The van der Waals surface area contributed by atoms with E-state index >= 15 is 0 Å². The molecule has 2 aromatic carbocycles. The van der Waals surface area contributed by atoms with E-state index in [1.165, 1.54) is 5.56 Å². The summed E-state index contributed by atoms with van der Waals surface area (Å²) >= 11 is 1.55. The minimum atomic E-state index is 0.546. The maximum Gasteiger partial charge on any atom is 0.237 e. The van der Waals surface area contributed by atoms with Gasteiger partial charge in [-0.2, -0.15) is 4.98 Å². The van der Waals surface area contributed by atoms with Gasteiger partial charge in [0.15, 0.2) is 11.0 Å². The minimum absolute atomic E-state index is 0.546. The Morgan fingerprint density at radius 2 is 1.68 bits per heavy atom. The quantitative estimate of drug-likeness (QED) is 0.434. The van der Waals surface area contributed by atoms with Gasteiger partial charge < -0.3 is 9.09 Å². The molecule has 2 aromatic heterocycles. The SMILES string of the molecule is CCn1c(SCc2nc(-c3cccc(C)c3)no2)nnc1-c1cccc(C)c1. The van der Waals surface area contributed by atoms with Crippen LogP contribution in [0.25, 0.3) is 22.8 Å². The fourth-order valence-electron chi connectivity index (χ4n) is 3.02. The predicted octanol–water partition coefficient (Wildman–Crippen LogP) is 4.92. The zero-order valence-electron chi connectivity index (χ0n) is 16.1. The fraction of sp³-hybridized carbons (Fsp3) is 0.238. The first-order valence-corrected chi connectivity index (χ1v) is 10.1. The van der Waals surface area contributed by atoms with Gasteiger partial charge in [-0.25, -0.2) is 0 Å². The Morgan fingerprint density at radius 1 is 0.964 bits per heavy atom. The molecule has 0 bridgehead atoms. The second-order valence-corrected chi connectivity index (χ2v) is 7.53. The first-order valence-electron chi connectivity index (χ1n) is 9.16. The molecule has 0 saturated carbocycles. The summed E-state index contributed by atoms with van der Waals surface area (Å²) in [5.74, 6) is 2.60. The fourth-order valence-corrected chi connectivity index (χ4v) is 3.86. The predicted molar refractivity (Wildman–Crippen MR) is 110 cm³/mol. The van der Waals surface area contributed by atoms with Crippen LogP contribution in [-0.4, -0.2) is 24.9 Å². The van der Waals surface area contributed by atoms with Crippen molar-refractivity contribution in [3.05, 3.63) is 65.5 Å². The van der Waals surface area contributed by atoms with E-state index < -0.39 is 0 Å². The Hall–Kier alpha value is -2.93. The van der Waals surface area contributed by atoms with E-state index in [0.29, 0.717) is 17.5 Å². The summed E-state index contributed by atoms with van der Waals surface area (Å²) in [6, 6.07) is 16.4. The van der Waals surface area contributed by atoms with Crippen LogP contribution in [0.1, 0.15) is 23.9 Å². The standard InChI is InChI=1S/C21H21N5OS/c1-4-26-20(17-10-6-8-15(3)12-17)23-24-21(26)28-13-18-22-19(25-27-18)16-9-5-7-14(2)11-16/h5-12H,4,13H2,1-3H3. The average molecular weight is 392 g/mol. The highest BCUT2D eigenvalue weighted by atomic mass is 32.2. The molecular formula is C21H21N5OS. The normalized spacial score (nSPS) is 11.1. The van der Waals surface area contributed by atoms with Gasteiger partial charge in [-0.3, -0.25) is 0 Å². The van der Waals surface area contributed by atoms with E-state index in [2.05, 4.69) is 57.0 Å². The Kier molecular flexibility index (Phi) is 5.25. The molecule has 142 valence electrons. The van der Waals surface area contributed by atoms with Crippen molar-refractivity contribution in [3.8, 4) is 22.8 Å². The number of thioether (sulfide) groups is 1. The van der Waals surface area contributed by atoms with E-state index in [1.54, 1.807) is 11.8 Å². The average Bonchev–Trinajstić information content (AvgIpc) is 3.33. The van der Waals surface area contributed by atoms with Crippen molar-refractivity contribution in [3.63, 3.8) is 0 Å². The molecule has 2 heterocycles. The molecule has 0 spiro atoms. The number of nitrogens with zero attached hydrogens (tertiary/aromatic N) is 5. The van der Waals surface area contributed by atoms with Gasteiger partial charge >= 0.3 is 0 Å². The number of benzene rings is 2. The van der Waals surface area contributed by atoms with Crippen molar-refractivity contribution >= 4 is 11.8 Å². The summed E-state index contributed by atoms with van der Waals surface area (Å²) < 4.78 is 7.53. The summed E-state index contributed by atoms with van der Waals surface area (Å²) in [6.07, 6.45) is 0. The van der Waals surface area contributed by atoms with Crippen molar-refractivity contribution in [2.45, 2.75) is 38.2 Å². The number of rotatable bonds is 6. The summed E-state index contributed by atoms with van der Waals surface area (Å²) in [5, 5.41) is 13.7. The van der Waals surface area contributed by atoms with Gasteiger partial charge in [0.25, 0.3) is 0 Å². The van der Waals surface area contributed by atoms with Crippen molar-refractivity contribution < 1.29 is 4.52 Å². The lowest BCUT2D eigenvalue weighted by molar-refractivity contribution is 0.391. The highest BCUT2D eigenvalue weighted by Gasteiger charge is 2.15. The van der Waals surface area contributed by atoms with Crippen LogP contribution in [0.4, 0.5) is 0 Å². The molecule has 7 heteroatoms. The second kappa shape index (κ2) is 7.98. The monoisotopic (exact) mass is 391 g/mol. The van der Waals surface area contributed by atoms with Crippen LogP contribution in [0.5, 0.6) is 0 Å². The zero-order valence-corrected chi connectivity index (χ0v) is 16.9. The molecular weight excluding hydrogens is 370 g/mol. The van der Waals surface area contributed by atoms with Gasteiger partial charge in [0.1, 0.15) is 0 Å². The highest BCUT2D eigenvalue weighted by Crippen LogP contribution is 2.27. The van der Waals surface area contributed by atoms with E-state index in [0.717, 1.165) is 34.2 Å². The molecule has 0 atom stereocenters. The van der Waals surface area contributed by atoms with Crippen LogP contribution >= 0.6 is 11.8 Å². The highest BCUT2D eigenvalue weighted by molar-refractivity contribution is 7.98. The van der Waals surface area contributed by atoms with E-state index in [1.807, 2.05) is 37.3 Å². The Morgan fingerprint density at radius 3 is 2.39 bits per heavy atom. The molecule has 0 aliphatic heterocycles. The molecule has 0 unspecified atom stereocenters. The third kappa shape index (κ3) is 3.84. The van der Waals surface area contributed by atoms with Crippen LogP contribution < -0.4 is 0 Å². The smallest absolute Gasteiger partial charge is 0.237 e. The molecule has 4 rings (SSSR count). The molecule has 0 fully saturated rings. The Balaban J connectivity index is 1.51. The van der Waals surface area contributed by atoms with E-state index in [4.69, 9.17) is 4.52 Å². The molecule has 0 N–H and O–H groups in total. The summed E-state index contributed by atoms with van der Waals surface area (Å²) in [5.41, 5.74) is 4.39. The summed E-state index contributed by atoms with van der Waals surface area (Å²) in [6.45, 7) is 7.00. The number of aromatic nitrogens is 5. The van der Waals surface area contributed by atoms with Gasteiger partial charge in [-0.1, -0.05) is 64.4 Å². The molecule has 0 radical (unpaired) electrons. The second-order valence-electron chi connectivity index (χ2n) is 6.59. The van der Waals surface area contributed by atoms with E-state index in [9.17, 15) is 0 Å². The molecule has 4 aromatic rings. The van der Waals surface area contributed by atoms with Crippen molar-refractivity contribution in [1.29, 1.82) is 0 Å². The first-order chi connectivity index (χ1) is 13.6. The van der Waals surface area contributed by atoms with Gasteiger partial charge in [-0.15, -0.1) is 10.2 Å². The van der Waals surface area contributed by atoms with Crippen LogP contribution in [0, 0.1) is 13.8 Å². The molecule has 0 saturated heterocycles. The van der Waals surface area contributed by atoms with Gasteiger partial charge in [0, 0.05) is 17.7 Å². The van der Waals surface area contributed by atoms with Crippen LogP contribution in [-0.2, 0) is 12.3 Å². The van der Waals surface area contributed by atoms with Crippen molar-refractivity contribution in [2.75, 3.05) is 0 Å². The van der Waals surface area contributed by atoms with Crippen molar-refractivity contribution in [2.24, 2.45) is 0 Å². The number of hydrogen-bond acceptors (Lipinski definition) is 6. The maximum absolute atomic E-state index is 5.42. The first kappa shape index (κ1) is 18.4. The third-order valence-electron chi connectivity index (χ3n) is 4.38. The number of aryl methyl sites for hydroxylation is 2. The molecule has 0 amide bonds. The lowest BCUT2D eigenvalue weighted by atomic mass is 10.1. The van der Waals surface area contributed by atoms with Gasteiger partial charge in [0.2, 0.25) is 11.7 Å². The molecule has 0 aliphatic rings. The van der Waals surface area contributed by atoms with E-state index in [-0.39, 0.29) is 0 Å². The van der Waals surface area contributed by atoms with Crippen LogP contribution in [0.2, 0.25) is 0 Å². The Bertz CT molecular complexity index is 1100. The van der Waals surface area contributed by atoms with Gasteiger partial charge in [0.05, 0.1) is 5.75 Å². The maximum atomic E-state index is 5.42. The molecule has 6 nitrogen and oxygen atoms in total. The lowest BCUT2D eigenvalue weighted by Gasteiger charge is -2.07. The lowest BCUT2D eigenvalue weighted by Crippen LogP contribution is -2.00. The molecule has 28 heavy (non-hydrogen) atoms. The van der Waals surface area contributed by atoms with Crippen LogP contribution in [0.3, 0.4) is 0 Å². The van der Waals surface area contributed by atoms with Gasteiger partial charge in [-0.05, 0) is 32.9 Å². The number of hydrogen-bond donors (Lipinski definition) is 0. The minimum Gasteiger partial charge on any atom is -0.338 e. The zero-order chi connectivity index (χ0) is 19.5. The topological polar surface area (TPSA) is 69.6 Å². The van der Waals surface area contributed by atoms with Crippen LogP contribution in [0.15, 0.2) is 58.2 Å². The summed E-state index contributed by atoms with van der Waals surface area (Å²) in [4.78, 5) is 4.51. The summed E-state index contributed by atoms with van der Waals surface area (Å²) in [7, 11) is 0. The van der Waals surface area contributed by atoms with Crippen molar-refractivity contribution in [1.82, 2.24) is 24.9 Å².